The molecule has 1 aliphatic rings. The summed E-state index contributed by atoms with van der Waals surface area (Å²) in [6.07, 6.45) is 0. The first-order valence-corrected chi connectivity index (χ1v) is 7.24. The standard InChI is InChI=1S/C15H23N3O3/c1-20-9-6-16-12-13-3-2-4-14(11-13)21-10-8-18-7-5-17-15(18)19/h2-4,11,16H,5-10,12H2,1H3,(H,17,19). The molecule has 1 aliphatic heterocycles. The highest BCUT2D eigenvalue weighted by atomic mass is 16.5. The van der Waals surface area contributed by atoms with Crippen molar-refractivity contribution < 1.29 is 14.3 Å². The van der Waals surface area contributed by atoms with Gasteiger partial charge in [0.2, 0.25) is 0 Å². The van der Waals surface area contributed by atoms with Gasteiger partial charge in [0, 0.05) is 33.3 Å². The van der Waals surface area contributed by atoms with E-state index in [1.807, 2.05) is 18.2 Å². The molecule has 6 nitrogen and oxygen atoms in total. The number of nitrogens with zero attached hydrogens (tertiary/aromatic N) is 1. The maximum Gasteiger partial charge on any atom is 0.317 e. The number of ether oxygens (including phenoxy) is 2. The van der Waals surface area contributed by atoms with Crippen molar-refractivity contribution in [2.75, 3.05) is 46.5 Å². The van der Waals surface area contributed by atoms with Crippen molar-refractivity contribution in [1.29, 1.82) is 0 Å². The molecular weight excluding hydrogens is 270 g/mol. The van der Waals surface area contributed by atoms with Crippen molar-refractivity contribution in [1.82, 2.24) is 15.5 Å². The Morgan fingerprint density at radius 1 is 1.38 bits per heavy atom. The van der Waals surface area contributed by atoms with Crippen LogP contribution in [0.5, 0.6) is 5.75 Å². The van der Waals surface area contributed by atoms with Crippen molar-refractivity contribution in [2.24, 2.45) is 0 Å². The molecule has 1 heterocycles. The van der Waals surface area contributed by atoms with Crippen LogP contribution < -0.4 is 15.4 Å². The van der Waals surface area contributed by atoms with Gasteiger partial charge in [-0.2, -0.15) is 0 Å². The van der Waals surface area contributed by atoms with E-state index < -0.39 is 0 Å². The molecule has 0 spiro atoms. The maximum absolute atomic E-state index is 11.4. The normalized spacial score (nSPS) is 14.3. The number of hydrogen-bond donors (Lipinski definition) is 2. The molecule has 6 heteroatoms. The zero-order valence-corrected chi connectivity index (χ0v) is 12.4. The summed E-state index contributed by atoms with van der Waals surface area (Å²) in [7, 11) is 1.69. The van der Waals surface area contributed by atoms with Crippen LogP contribution in [-0.4, -0.2) is 57.4 Å². The molecule has 2 rings (SSSR count). The van der Waals surface area contributed by atoms with Crippen molar-refractivity contribution in [3.63, 3.8) is 0 Å². The monoisotopic (exact) mass is 293 g/mol. The summed E-state index contributed by atoms with van der Waals surface area (Å²) in [5.41, 5.74) is 1.17. The van der Waals surface area contributed by atoms with E-state index in [4.69, 9.17) is 9.47 Å². The fraction of sp³-hybridized carbons (Fsp3) is 0.533. The Bertz CT molecular complexity index is 454. The Morgan fingerprint density at radius 3 is 3.05 bits per heavy atom. The Hall–Kier alpha value is -1.79. The van der Waals surface area contributed by atoms with Gasteiger partial charge in [0.25, 0.3) is 0 Å². The first kappa shape index (κ1) is 15.6. The van der Waals surface area contributed by atoms with E-state index in [2.05, 4.69) is 16.7 Å². The molecule has 0 saturated carbocycles. The topological polar surface area (TPSA) is 62.8 Å². The second-order valence-corrected chi connectivity index (χ2v) is 4.88. The van der Waals surface area contributed by atoms with Crippen molar-refractivity contribution in [3.8, 4) is 5.75 Å². The molecule has 21 heavy (non-hydrogen) atoms. The highest BCUT2D eigenvalue weighted by Gasteiger charge is 2.18. The van der Waals surface area contributed by atoms with Crippen molar-refractivity contribution in [3.05, 3.63) is 29.8 Å². The molecule has 2 amide bonds. The van der Waals surface area contributed by atoms with Crippen LogP contribution in [0.2, 0.25) is 0 Å². The average molecular weight is 293 g/mol. The average Bonchev–Trinajstić information content (AvgIpc) is 2.90. The van der Waals surface area contributed by atoms with Crippen LogP contribution in [0.3, 0.4) is 0 Å². The molecule has 1 aromatic rings. The van der Waals surface area contributed by atoms with Gasteiger partial charge in [-0.25, -0.2) is 4.79 Å². The summed E-state index contributed by atoms with van der Waals surface area (Å²) < 4.78 is 10.7. The lowest BCUT2D eigenvalue weighted by atomic mass is 10.2. The molecule has 0 aromatic heterocycles. The summed E-state index contributed by atoms with van der Waals surface area (Å²) in [6.45, 7) is 4.91. The molecule has 0 aliphatic carbocycles. The molecule has 1 fully saturated rings. The van der Waals surface area contributed by atoms with E-state index in [-0.39, 0.29) is 6.03 Å². The third-order valence-electron chi connectivity index (χ3n) is 3.29. The summed E-state index contributed by atoms with van der Waals surface area (Å²) in [5, 5.41) is 6.07. The molecule has 1 aromatic carbocycles. The van der Waals surface area contributed by atoms with Gasteiger partial charge >= 0.3 is 6.03 Å². The number of carbonyl (C=O) groups excluding carboxylic acids is 1. The highest BCUT2D eigenvalue weighted by Crippen LogP contribution is 2.13. The summed E-state index contributed by atoms with van der Waals surface area (Å²) >= 11 is 0. The van der Waals surface area contributed by atoms with E-state index in [0.29, 0.717) is 19.8 Å². The van der Waals surface area contributed by atoms with E-state index >= 15 is 0 Å². The third-order valence-corrected chi connectivity index (χ3v) is 3.29. The van der Waals surface area contributed by atoms with Gasteiger partial charge in [-0.05, 0) is 17.7 Å². The predicted octanol–water partition coefficient (Wildman–Crippen LogP) is 0.827. The van der Waals surface area contributed by atoms with Gasteiger partial charge in [-0.15, -0.1) is 0 Å². The Balaban J connectivity index is 1.71. The number of carbonyl (C=O) groups is 1. The number of urea groups is 1. The fourth-order valence-electron chi connectivity index (χ4n) is 2.15. The molecule has 2 N–H and O–H groups in total. The number of hydrogen-bond acceptors (Lipinski definition) is 4. The summed E-state index contributed by atoms with van der Waals surface area (Å²) in [4.78, 5) is 13.1. The number of nitrogens with one attached hydrogen (secondary N) is 2. The smallest absolute Gasteiger partial charge is 0.317 e. The van der Waals surface area contributed by atoms with Gasteiger partial charge in [0.15, 0.2) is 0 Å². The van der Waals surface area contributed by atoms with Crippen LogP contribution in [0.25, 0.3) is 0 Å². The Labute approximate surface area is 125 Å². The predicted molar refractivity (Wildman–Crippen MR) is 80.5 cm³/mol. The first-order chi connectivity index (χ1) is 10.3. The van der Waals surface area contributed by atoms with E-state index in [1.165, 1.54) is 5.56 Å². The molecule has 0 radical (unpaired) electrons. The second kappa shape index (κ2) is 8.49. The second-order valence-electron chi connectivity index (χ2n) is 4.88. The van der Waals surface area contributed by atoms with Gasteiger partial charge in [0.1, 0.15) is 12.4 Å². The lowest BCUT2D eigenvalue weighted by molar-refractivity contribution is 0.199. The van der Waals surface area contributed by atoms with Crippen LogP contribution in [0.1, 0.15) is 5.56 Å². The van der Waals surface area contributed by atoms with Gasteiger partial charge < -0.3 is 25.0 Å². The first-order valence-electron chi connectivity index (χ1n) is 7.24. The van der Waals surface area contributed by atoms with Crippen LogP contribution in [0.4, 0.5) is 4.79 Å². The maximum atomic E-state index is 11.4. The number of amides is 2. The summed E-state index contributed by atoms with van der Waals surface area (Å²) in [5.74, 6) is 0.834. The quantitative estimate of drug-likeness (QED) is 0.662. The lowest BCUT2D eigenvalue weighted by Gasteiger charge is -2.15. The lowest BCUT2D eigenvalue weighted by Crippen LogP contribution is -2.31. The van der Waals surface area contributed by atoms with Crippen LogP contribution in [-0.2, 0) is 11.3 Å². The molecule has 1 saturated heterocycles. The van der Waals surface area contributed by atoms with E-state index in [0.717, 1.165) is 31.9 Å². The molecule has 0 bridgehead atoms. The number of rotatable bonds is 9. The van der Waals surface area contributed by atoms with Crippen LogP contribution in [0.15, 0.2) is 24.3 Å². The van der Waals surface area contributed by atoms with Gasteiger partial charge in [-0.3, -0.25) is 0 Å². The molecular formula is C15H23N3O3. The van der Waals surface area contributed by atoms with Gasteiger partial charge in [-0.1, -0.05) is 12.1 Å². The minimum absolute atomic E-state index is 0.00491. The van der Waals surface area contributed by atoms with Gasteiger partial charge in [0.05, 0.1) is 13.2 Å². The zero-order valence-electron chi connectivity index (χ0n) is 12.4. The molecule has 0 unspecified atom stereocenters. The minimum atomic E-state index is -0.00491. The van der Waals surface area contributed by atoms with Crippen molar-refractivity contribution >= 4 is 6.03 Å². The zero-order chi connectivity index (χ0) is 14.9. The van der Waals surface area contributed by atoms with Crippen LogP contribution >= 0.6 is 0 Å². The number of methoxy groups -OCH3 is 1. The minimum Gasteiger partial charge on any atom is -0.492 e. The van der Waals surface area contributed by atoms with E-state index in [1.54, 1.807) is 12.0 Å². The molecule has 116 valence electrons. The SMILES string of the molecule is COCCNCc1cccc(OCCN2CCNC2=O)c1. The van der Waals surface area contributed by atoms with Crippen LogP contribution in [0, 0.1) is 0 Å². The molecule has 0 atom stereocenters. The third kappa shape index (κ3) is 5.24. The Kier molecular flexibility index (Phi) is 6.30. The number of benzene rings is 1. The Morgan fingerprint density at radius 2 is 2.29 bits per heavy atom. The summed E-state index contributed by atoms with van der Waals surface area (Å²) in [6, 6.07) is 7.98. The highest BCUT2D eigenvalue weighted by molar-refractivity contribution is 5.76. The van der Waals surface area contributed by atoms with E-state index in [9.17, 15) is 4.79 Å². The fourth-order valence-corrected chi connectivity index (χ4v) is 2.15. The van der Waals surface area contributed by atoms with Crippen molar-refractivity contribution in [2.45, 2.75) is 6.54 Å². The largest absolute Gasteiger partial charge is 0.492 e.